The van der Waals surface area contributed by atoms with Crippen LogP contribution in [-0.4, -0.2) is 35.8 Å². The number of amides is 1. The van der Waals surface area contributed by atoms with Crippen molar-refractivity contribution in [3.05, 3.63) is 35.5 Å². The standard InChI is InChI=1S/C25H34N2O5/c1-16-20(25(29)30)15-22(21-14-19(31-2)10-11-23(21)32-3)27(16)18(9-12-24(26)28)13-17-7-5-4-6-8-17/h10-11,14-15,17-18H,4-9,12-13H2,1-3H3,(H2,26,28)(H,29,30). The lowest BCUT2D eigenvalue weighted by atomic mass is 9.83. The largest absolute Gasteiger partial charge is 0.497 e. The van der Waals surface area contributed by atoms with E-state index in [0.29, 0.717) is 29.5 Å². The highest BCUT2D eigenvalue weighted by Gasteiger charge is 2.28. The van der Waals surface area contributed by atoms with Crippen LogP contribution in [0.25, 0.3) is 11.3 Å². The maximum Gasteiger partial charge on any atom is 0.337 e. The smallest absolute Gasteiger partial charge is 0.337 e. The molecule has 1 aliphatic carbocycles. The van der Waals surface area contributed by atoms with Crippen molar-refractivity contribution in [3.63, 3.8) is 0 Å². The van der Waals surface area contributed by atoms with Crippen molar-refractivity contribution in [1.29, 1.82) is 0 Å². The van der Waals surface area contributed by atoms with Gasteiger partial charge in [0, 0.05) is 23.7 Å². The molecule has 0 aliphatic heterocycles. The van der Waals surface area contributed by atoms with Crippen LogP contribution in [0.4, 0.5) is 0 Å². The Balaban J connectivity index is 2.14. The van der Waals surface area contributed by atoms with Crippen LogP contribution in [0.15, 0.2) is 24.3 Å². The summed E-state index contributed by atoms with van der Waals surface area (Å²) in [7, 11) is 3.19. The predicted octanol–water partition coefficient (Wildman–Crippen LogP) is 4.96. The number of nitrogens with zero attached hydrogens (tertiary/aromatic N) is 1. The molecule has 3 N–H and O–H groups in total. The Hall–Kier alpha value is -2.96. The quantitative estimate of drug-likeness (QED) is 0.541. The van der Waals surface area contributed by atoms with Crippen LogP contribution >= 0.6 is 0 Å². The van der Waals surface area contributed by atoms with Gasteiger partial charge in [-0.25, -0.2) is 4.79 Å². The third kappa shape index (κ3) is 5.26. The second-order valence-corrected chi connectivity index (χ2v) is 8.67. The molecule has 1 unspecified atom stereocenters. The molecule has 1 saturated carbocycles. The second kappa shape index (κ2) is 10.6. The van der Waals surface area contributed by atoms with Gasteiger partial charge in [-0.15, -0.1) is 0 Å². The summed E-state index contributed by atoms with van der Waals surface area (Å²) in [5.74, 6) is 0.520. The number of rotatable bonds is 10. The van der Waals surface area contributed by atoms with E-state index in [2.05, 4.69) is 4.57 Å². The van der Waals surface area contributed by atoms with Gasteiger partial charge in [-0.05, 0) is 49.9 Å². The summed E-state index contributed by atoms with van der Waals surface area (Å²) in [5, 5.41) is 9.86. The molecule has 1 fully saturated rings. The number of benzene rings is 1. The van der Waals surface area contributed by atoms with Gasteiger partial charge in [0.2, 0.25) is 5.91 Å². The lowest BCUT2D eigenvalue weighted by Crippen LogP contribution is -2.21. The van der Waals surface area contributed by atoms with Crippen LogP contribution in [0.3, 0.4) is 0 Å². The molecular formula is C25H34N2O5. The molecule has 7 heteroatoms. The van der Waals surface area contributed by atoms with Crippen LogP contribution < -0.4 is 15.2 Å². The number of carboxylic acids is 1. The fraction of sp³-hybridized carbons (Fsp3) is 0.520. The highest BCUT2D eigenvalue weighted by molar-refractivity contribution is 5.91. The van der Waals surface area contributed by atoms with E-state index in [0.717, 1.165) is 30.5 Å². The number of carbonyl (C=O) groups excluding carboxylic acids is 1. The summed E-state index contributed by atoms with van der Waals surface area (Å²) in [6, 6.07) is 7.16. The Morgan fingerprint density at radius 2 is 1.88 bits per heavy atom. The summed E-state index contributed by atoms with van der Waals surface area (Å²) in [6.45, 7) is 1.83. The number of hydrogen-bond donors (Lipinski definition) is 2. The van der Waals surface area contributed by atoms with Crippen molar-refractivity contribution < 1.29 is 24.2 Å². The molecule has 0 spiro atoms. The number of ether oxygens (including phenoxy) is 2. The Labute approximate surface area is 189 Å². The highest BCUT2D eigenvalue weighted by Crippen LogP contribution is 2.41. The van der Waals surface area contributed by atoms with Crippen LogP contribution in [0, 0.1) is 12.8 Å². The summed E-state index contributed by atoms with van der Waals surface area (Å²) in [5.41, 5.74) is 7.92. The molecule has 1 aromatic heterocycles. The Bertz CT molecular complexity index is 959. The van der Waals surface area contributed by atoms with Crippen LogP contribution in [-0.2, 0) is 4.79 Å². The van der Waals surface area contributed by atoms with Crippen LogP contribution in [0.2, 0.25) is 0 Å². The number of aromatic nitrogens is 1. The molecule has 174 valence electrons. The molecule has 1 aliphatic rings. The number of nitrogens with two attached hydrogens (primary N) is 1. The average molecular weight is 443 g/mol. The molecule has 32 heavy (non-hydrogen) atoms. The molecule has 1 heterocycles. The molecule has 7 nitrogen and oxygen atoms in total. The zero-order valence-electron chi connectivity index (χ0n) is 19.2. The first-order chi connectivity index (χ1) is 15.3. The van der Waals surface area contributed by atoms with Gasteiger partial charge in [-0.2, -0.15) is 0 Å². The lowest BCUT2D eigenvalue weighted by molar-refractivity contribution is -0.118. The first-order valence-electron chi connectivity index (χ1n) is 11.3. The Morgan fingerprint density at radius 3 is 2.47 bits per heavy atom. The number of hydrogen-bond acceptors (Lipinski definition) is 4. The maximum atomic E-state index is 12.0. The zero-order valence-corrected chi connectivity index (χ0v) is 19.2. The lowest BCUT2D eigenvalue weighted by Gasteiger charge is -2.30. The predicted molar refractivity (Wildman–Crippen MR) is 123 cm³/mol. The molecular weight excluding hydrogens is 408 g/mol. The summed E-state index contributed by atoms with van der Waals surface area (Å²) in [6.07, 6.45) is 7.74. The van der Waals surface area contributed by atoms with E-state index in [9.17, 15) is 14.7 Å². The van der Waals surface area contributed by atoms with Crippen LogP contribution in [0.1, 0.15) is 73.5 Å². The normalized spacial score (nSPS) is 15.3. The fourth-order valence-corrected chi connectivity index (χ4v) is 5.00. The molecule has 1 aromatic carbocycles. The number of aromatic carboxylic acids is 1. The van der Waals surface area contributed by atoms with Crippen molar-refractivity contribution >= 4 is 11.9 Å². The average Bonchev–Trinajstić information content (AvgIpc) is 3.13. The Kier molecular flexibility index (Phi) is 7.83. The van der Waals surface area contributed by atoms with Crippen molar-refractivity contribution in [2.45, 2.75) is 64.3 Å². The SMILES string of the molecule is COc1ccc(OC)c(-c2cc(C(=O)O)c(C)n2C(CCC(N)=O)CC2CCCCC2)c1. The third-order valence-electron chi connectivity index (χ3n) is 6.62. The molecule has 1 atom stereocenters. The maximum absolute atomic E-state index is 12.0. The van der Waals surface area contributed by atoms with Crippen molar-refractivity contribution in [3.8, 4) is 22.8 Å². The van der Waals surface area contributed by atoms with Gasteiger partial charge in [0.25, 0.3) is 0 Å². The molecule has 0 saturated heterocycles. The molecule has 0 radical (unpaired) electrons. The second-order valence-electron chi connectivity index (χ2n) is 8.67. The minimum atomic E-state index is -0.976. The van der Waals surface area contributed by atoms with Gasteiger partial charge in [-0.3, -0.25) is 4.79 Å². The van der Waals surface area contributed by atoms with Gasteiger partial charge in [-0.1, -0.05) is 32.1 Å². The van der Waals surface area contributed by atoms with Gasteiger partial charge < -0.3 is 24.9 Å². The van der Waals surface area contributed by atoms with E-state index >= 15 is 0 Å². The third-order valence-corrected chi connectivity index (χ3v) is 6.62. The monoisotopic (exact) mass is 442 g/mol. The summed E-state index contributed by atoms with van der Waals surface area (Å²) in [4.78, 5) is 23.7. The highest BCUT2D eigenvalue weighted by atomic mass is 16.5. The van der Waals surface area contributed by atoms with Crippen molar-refractivity contribution in [2.24, 2.45) is 11.7 Å². The van der Waals surface area contributed by atoms with E-state index in [-0.39, 0.29) is 23.9 Å². The summed E-state index contributed by atoms with van der Waals surface area (Å²) < 4.78 is 13.1. The van der Waals surface area contributed by atoms with E-state index in [1.807, 2.05) is 25.1 Å². The van der Waals surface area contributed by atoms with E-state index in [1.54, 1.807) is 20.3 Å². The fourth-order valence-electron chi connectivity index (χ4n) is 5.00. The minimum Gasteiger partial charge on any atom is -0.497 e. The molecule has 3 rings (SSSR count). The van der Waals surface area contributed by atoms with Gasteiger partial charge in [0.05, 0.1) is 25.5 Å². The minimum absolute atomic E-state index is 0.0374. The Morgan fingerprint density at radius 1 is 1.16 bits per heavy atom. The zero-order chi connectivity index (χ0) is 23.3. The first kappa shape index (κ1) is 23.7. The molecule has 0 bridgehead atoms. The van der Waals surface area contributed by atoms with Crippen molar-refractivity contribution in [2.75, 3.05) is 14.2 Å². The molecule has 2 aromatic rings. The topological polar surface area (TPSA) is 104 Å². The van der Waals surface area contributed by atoms with E-state index in [1.165, 1.54) is 19.3 Å². The number of carboxylic acid groups (broad SMARTS) is 1. The first-order valence-corrected chi connectivity index (χ1v) is 11.3. The number of carbonyl (C=O) groups is 2. The van der Waals surface area contributed by atoms with E-state index in [4.69, 9.17) is 15.2 Å². The van der Waals surface area contributed by atoms with Gasteiger partial charge in [0.1, 0.15) is 11.5 Å². The van der Waals surface area contributed by atoms with Crippen molar-refractivity contribution in [1.82, 2.24) is 4.57 Å². The number of methoxy groups -OCH3 is 2. The van der Waals surface area contributed by atoms with Crippen LogP contribution in [0.5, 0.6) is 11.5 Å². The molecule has 1 amide bonds. The number of primary amides is 1. The summed E-state index contributed by atoms with van der Waals surface area (Å²) >= 11 is 0. The van der Waals surface area contributed by atoms with E-state index < -0.39 is 5.97 Å². The van der Waals surface area contributed by atoms with Gasteiger partial charge in [0.15, 0.2) is 0 Å². The van der Waals surface area contributed by atoms with Gasteiger partial charge >= 0.3 is 5.97 Å².